The molecule has 0 saturated heterocycles. The molecule has 0 spiro atoms. The molecule has 0 bridgehead atoms. The highest BCUT2D eigenvalue weighted by Gasteiger charge is 2.45. The molecule has 2 aliphatic carbocycles. The fourth-order valence-electron chi connectivity index (χ4n) is 1.97. The Morgan fingerprint density at radius 1 is 0.826 bits per heavy atom. The summed E-state index contributed by atoms with van der Waals surface area (Å²) < 4.78 is 4.43. The number of thiocarbonyl (C=S) groups is 2. The van der Waals surface area contributed by atoms with Crippen molar-refractivity contribution in [3.63, 3.8) is 0 Å². The van der Waals surface area contributed by atoms with Crippen LogP contribution in [-0.2, 0) is 14.4 Å². The second-order valence-electron chi connectivity index (χ2n) is 6.51. The van der Waals surface area contributed by atoms with E-state index in [1.165, 1.54) is 14.1 Å². The SMILES string of the molecule is CN(OC(=O)OC(=O)ON(C)C(=S)C1(C)CC1)C(=S)C1(C)CC1. The van der Waals surface area contributed by atoms with Gasteiger partial charge >= 0.3 is 12.3 Å². The van der Waals surface area contributed by atoms with Gasteiger partial charge in [-0.3, -0.25) is 0 Å². The number of hydrogen-bond acceptors (Lipinski definition) is 7. The molecule has 0 aromatic carbocycles. The molecular formula is C14H20N2O5S2. The van der Waals surface area contributed by atoms with Crippen LogP contribution in [0.15, 0.2) is 0 Å². The number of hydrogen-bond donors (Lipinski definition) is 0. The molecule has 0 radical (unpaired) electrons. The van der Waals surface area contributed by atoms with Gasteiger partial charge in [0.05, 0.1) is 0 Å². The molecule has 9 heteroatoms. The Morgan fingerprint density at radius 2 is 1.13 bits per heavy atom. The van der Waals surface area contributed by atoms with E-state index < -0.39 is 12.3 Å². The summed E-state index contributed by atoms with van der Waals surface area (Å²) in [5.41, 5.74) is -0.256. The fourth-order valence-corrected chi connectivity index (χ4v) is 2.46. The molecule has 2 rings (SSSR count). The molecule has 0 amide bonds. The van der Waals surface area contributed by atoms with Crippen molar-refractivity contribution in [2.75, 3.05) is 14.1 Å². The fraction of sp³-hybridized carbons (Fsp3) is 0.714. The molecule has 2 saturated carbocycles. The highest BCUT2D eigenvalue weighted by atomic mass is 32.1. The highest BCUT2D eigenvalue weighted by Crippen LogP contribution is 2.47. The minimum atomic E-state index is -1.21. The molecule has 2 aliphatic rings. The normalized spacial score (nSPS) is 19.1. The Bertz CT molecular complexity index is 509. The summed E-state index contributed by atoms with van der Waals surface area (Å²) in [6.45, 7) is 3.95. The summed E-state index contributed by atoms with van der Waals surface area (Å²) in [6, 6.07) is 0. The zero-order chi connectivity index (χ0) is 17.4. The Balaban J connectivity index is 1.75. The molecule has 7 nitrogen and oxygen atoms in total. The van der Waals surface area contributed by atoms with Crippen LogP contribution in [0.2, 0.25) is 0 Å². The van der Waals surface area contributed by atoms with E-state index >= 15 is 0 Å². The van der Waals surface area contributed by atoms with Crippen LogP contribution in [0.5, 0.6) is 0 Å². The number of nitrogens with zero attached hydrogens (tertiary/aromatic N) is 2. The van der Waals surface area contributed by atoms with Gasteiger partial charge in [-0.25, -0.2) is 9.59 Å². The van der Waals surface area contributed by atoms with Crippen LogP contribution in [0, 0.1) is 10.8 Å². The number of carbonyl (C=O) groups is 2. The Kier molecular flexibility index (Phi) is 4.81. The van der Waals surface area contributed by atoms with E-state index in [9.17, 15) is 9.59 Å². The van der Waals surface area contributed by atoms with Crippen molar-refractivity contribution >= 4 is 46.7 Å². The molecule has 2 fully saturated rings. The smallest absolute Gasteiger partial charge is 0.324 e. The summed E-state index contributed by atoms with van der Waals surface area (Å²) >= 11 is 10.4. The second kappa shape index (κ2) is 6.20. The molecule has 0 aromatic rings. The molecule has 0 aliphatic heterocycles. The van der Waals surface area contributed by atoms with E-state index in [0.717, 1.165) is 35.8 Å². The average molecular weight is 360 g/mol. The molecule has 0 atom stereocenters. The number of hydroxylamine groups is 4. The number of carbonyl (C=O) groups excluding carboxylic acids is 2. The first kappa shape index (κ1) is 17.9. The molecular weight excluding hydrogens is 340 g/mol. The van der Waals surface area contributed by atoms with Crippen LogP contribution in [-0.4, -0.2) is 46.5 Å². The zero-order valence-electron chi connectivity index (χ0n) is 13.6. The maximum Gasteiger partial charge on any atom is 0.543 e. The van der Waals surface area contributed by atoms with Gasteiger partial charge in [-0.15, -0.1) is 0 Å². The quantitative estimate of drug-likeness (QED) is 0.319. The third-order valence-electron chi connectivity index (χ3n) is 4.19. The largest absolute Gasteiger partial charge is 0.543 e. The lowest BCUT2D eigenvalue weighted by atomic mass is 10.1. The van der Waals surface area contributed by atoms with Crippen LogP contribution in [0.4, 0.5) is 9.59 Å². The van der Waals surface area contributed by atoms with E-state index in [4.69, 9.17) is 34.1 Å². The summed E-state index contributed by atoms with van der Waals surface area (Å²) in [7, 11) is 2.99. The molecule has 0 N–H and O–H groups in total. The van der Waals surface area contributed by atoms with Crippen molar-refractivity contribution in [2.24, 2.45) is 10.8 Å². The number of rotatable bonds is 2. The third kappa shape index (κ3) is 4.29. The van der Waals surface area contributed by atoms with Crippen LogP contribution >= 0.6 is 24.4 Å². The number of ether oxygens (including phenoxy) is 1. The molecule has 0 unspecified atom stereocenters. The van der Waals surface area contributed by atoms with Gasteiger partial charge in [0.2, 0.25) is 0 Å². The van der Waals surface area contributed by atoms with E-state index in [0.29, 0.717) is 9.98 Å². The second-order valence-corrected chi connectivity index (χ2v) is 7.28. The summed E-state index contributed by atoms with van der Waals surface area (Å²) in [4.78, 5) is 33.8. The lowest BCUT2D eigenvalue weighted by molar-refractivity contribution is -0.0846. The third-order valence-corrected chi connectivity index (χ3v) is 5.69. The molecule has 0 heterocycles. The van der Waals surface area contributed by atoms with Gasteiger partial charge < -0.3 is 14.4 Å². The van der Waals surface area contributed by atoms with Crippen molar-refractivity contribution in [3.05, 3.63) is 0 Å². The van der Waals surface area contributed by atoms with E-state index in [1.54, 1.807) is 0 Å². The summed E-state index contributed by atoms with van der Waals surface area (Å²) in [5, 5.41) is 2.27. The Morgan fingerprint density at radius 3 is 1.39 bits per heavy atom. The minimum absolute atomic E-state index is 0.128. The minimum Gasteiger partial charge on any atom is -0.324 e. The van der Waals surface area contributed by atoms with Gasteiger partial charge in [-0.1, -0.05) is 38.3 Å². The average Bonchev–Trinajstić information content (AvgIpc) is 3.37. The van der Waals surface area contributed by atoms with Crippen molar-refractivity contribution < 1.29 is 24.0 Å². The van der Waals surface area contributed by atoms with Gasteiger partial charge in [0.25, 0.3) is 0 Å². The zero-order valence-corrected chi connectivity index (χ0v) is 15.2. The van der Waals surface area contributed by atoms with Gasteiger partial charge in [-0.05, 0) is 25.7 Å². The first-order chi connectivity index (χ1) is 10.6. The first-order valence-electron chi connectivity index (χ1n) is 7.25. The molecule has 0 aromatic heterocycles. The predicted octanol–water partition coefficient (Wildman–Crippen LogP) is 3.22. The van der Waals surface area contributed by atoms with Crippen molar-refractivity contribution in [2.45, 2.75) is 39.5 Å². The van der Waals surface area contributed by atoms with Crippen LogP contribution in [0.1, 0.15) is 39.5 Å². The predicted molar refractivity (Wildman–Crippen MR) is 89.5 cm³/mol. The molecule has 128 valence electrons. The summed E-state index contributed by atoms with van der Waals surface area (Å²) in [5.74, 6) is 0. The van der Waals surface area contributed by atoms with Gasteiger partial charge in [0, 0.05) is 24.9 Å². The maximum atomic E-state index is 11.6. The lowest BCUT2D eigenvalue weighted by Crippen LogP contribution is -2.36. The van der Waals surface area contributed by atoms with Crippen molar-refractivity contribution in [1.82, 2.24) is 10.1 Å². The van der Waals surface area contributed by atoms with Gasteiger partial charge in [0.15, 0.2) is 0 Å². The van der Waals surface area contributed by atoms with Gasteiger partial charge in [0.1, 0.15) is 9.98 Å². The van der Waals surface area contributed by atoms with Crippen molar-refractivity contribution in [3.8, 4) is 0 Å². The van der Waals surface area contributed by atoms with Gasteiger partial charge in [-0.2, -0.15) is 10.1 Å². The highest BCUT2D eigenvalue weighted by molar-refractivity contribution is 7.80. The van der Waals surface area contributed by atoms with E-state index in [1.807, 2.05) is 13.8 Å². The van der Waals surface area contributed by atoms with Crippen LogP contribution < -0.4 is 0 Å². The monoisotopic (exact) mass is 360 g/mol. The standard InChI is InChI=1S/C14H20N2O5S2/c1-13(5-6-13)9(22)15(3)20-11(17)19-12(18)21-16(4)10(23)14(2)7-8-14/h5-8H2,1-4H3. The van der Waals surface area contributed by atoms with E-state index in [2.05, 4.69) is 4.74 Å². The topological polar surface area (TPSA) is 68.3 Å². The van der Waals surface area contributed by atoms with Crippen LogP contribution in [0.25, 0.3) is 0 Å². The summed E-state index contributed by atoms with van der Waals surface area (Å²) in [6.07, 6.45) is 1.35. The first-order valence-corrected chi connectivity index (χ1v) is 8.07. The van der Waals surface area contributed by atoms with Crippen LogP contribution in [0.3, 0.4) is 0 Å². The Hall–Kier alpha value is -1.48. The maximum absolute atomic E-state index is 11.6. The van der Waals surface area contributed by atoms with Crippen molar-refractivity contribution in [1.29, 1.82) is 0 Å². The molecule has 23 heavy (non-hydrogen) atoms. The Labute approximate surface area is 145 Å². The lowest BCUT2D eigenvalue weighted by Gasteiger charge is -2.23. The van der Waals surface area contributed by atoms with E-state index in [-0.39, 0.29) is 10.8 Å².